The SMILES string of the molecule is COc1ccc(CBr)c(N)c1. The van der Waals surface area contributed by atoms with Gasteiger partial charge in [0, 0.05) is 17.1 Å². The number of nitrogen functional groups attached to an aromatic ring is 1. The minimum absolute atomic E-state index is 0.765. The molecule has 1 rings (SSSR count). The van der Waals surface area contributed by atoms with Gasteiger partial charge in [-0.3, -0.25) is 0 Å². The smallest absolute Gasteiger partial charge is 0.120 e. The van der Waals surface area contributed by atoms with Gasteiger partial charge in [0.1, 0.15) is 5.75 Å². The summed E-state index contributed by atoms with van der Waals surface area (Å²) < 4.78 is 5.00. The van der Waals surface area contributed by atoms with Gasteiger partial charge in [-0.1, -0.05) is 22.0 Å². The minimum Gasteiger partial charge on any atom is -0.497 e. The molecule has 0 bridgehead atoms. The molecule has 0 heterocycles. The maximum Gasteiger partial charge on any atom is 0.120 e. The van der Waals surface area contributed by atoms with Crippen LogP contribution in [-0.2, 0) is 5.33 Å². The van der Waals surface area contributed by atoms with Crippen LogP contribution in [-0.4, -0.2) is 7.11 Å². The molecule has 0 spiro atoms. The van der Waals surface area contributed by atoms with Gasteiger partial charge in [-0.15, -0.1) is 0 Å². The number of anilines is 1. The maximum absolute atomic E-state index is 5.70. The summed E-state index contributed by atoms with van der Waals surface area (Å²) in [4.78, 5) is 0. The van der Waals surface area contributed by atoms with Crippen LogP contribution in [0.2, 0.25) is 0 Å². The predicted molar refractivity (Wildman–Crippen MR) is 50.0 cm³/mol. The summed E-state index contributed by atoms with van der Waals surface area (Å²) in [5, 5.41) is 0.781. The average molecular weight is 216 g/mol. The van der Waals surface area contributed by atoms with Crippen molar-refractivity contribution in [2.45, 2.75) is 5.33 Å². The van der Waals surface area contributed by atoms with Crippen LogP contribution in [0.15, 0.2) is 18.2 Å². The summed E-state index contributed by atoms with van der Waals surface area (Å²) in [6.07, 6.45) is 0. The standard InChI is InChI=1S/C8H10BrNO/c1-11-7-3-2-6(5-9)8(10)4-7/h2-4H,5,10H2,1H3. The monoisotopic (exact) mass is 215 g/mol. The maximum atomic E-state index is 5.70. The van der Waals surface area contributed by atoms with Crippen LogP contribution in [0.1, 0.15) is 5.56 Å². The highest BCUT2D eigenvalue weighted by molar-refractivity contribution is 9.08. The Balaban J connectivity index is 2.99. The number of hydrogen-bond acceptors (Lipinski definition) is 2. The van der Waals surface area contributed by atoms with E-state index in [0.717, 1.165) is 22.3 Å². The van der Waals surface area contributed by atoms with Gasteiger partial charge in [0.2, 0.25) is 0 Å². The topological polar surface area (TPSA) is 35.2 Å². The molecule has 2 N–H and O–H groups in total. The molecule has 0 saturated carbocycles. The van der Waals surface area contributed by atoms with Crippen molar-refractivity contribution >= 4 is 21.6 Å². The lowest BCUT2D eigenvalue weighted by Crippen LogP contribution is -1.92. The van der Waals surface area contributed by atoms with Gasteiger partial charge in [-0.25, -0.2) is 0 Å². The third-order valence-corrected chi connectivity index (χ3v) is 2.10. The van der Waals surface area contributed by atoms with E-state index in [1.54, 1.807) is 7.11 Å². The predicted octanol–water partition coefficient (Wildman–Crippen LogP) is 2.17. The molecule has 2 nitrogen and oxygen atoms in total. The minimum atomic E-state index is 0.765. The summed E-state index contributed by atoms with van der Waals surface area (Å²) >= 11 is 3.33. The molecule has 0 saturated heterocycles. The van der Waals surface area contributed by atoms with E-state index in [9.17, 15) is 0 Å². The molecule has 11 heavy (non-hydrogen) atoms. The van der Waals surface area contributed by atoms with Crippen molar-refractivity contribution in [3.05, 3.63) is 23.8 Å². The van der Waals surface area contributed by atoms with Gasteiger partial charge < -0.3 is 10.5 Å². The molecule has 0 aliphatic rings. The van der Waals surface area contributed by atoms with E-state index in [0.29, 0.717) is 0 Å². The molecule has 1 aromatic carbocycles. The lowest BCUT2D eigenvalue weighted by Gasteiger charge is -2.04. The Kier molecular flexibility index (Phi) is 2.76. The highest BCUT2D eigenvalue weighted by atomic mass is 79.9. The molecule has 1 aromatic rings. The Labute approximate surface area is 74.5 Å². The summed E-state index contributed by atoms with van der Waals surface area (Å²) in [6.45, 7) is 0. The van der Waals surface area contributed by atoms with Crippen molar-refractivity contribution in [2.75, 3.05) is 12.8 Å². The second-order valence-electron chi connectivity index (χ2n) is 2.20. The second-order valence-corrected chi connectivity index (χ2v) is 2.76. The highest BCUT2D eigenvalue weighted by Gasteiger charge is 1.97. The first-order valence-corrected chi connectivity index (χ1v) is 4.38. The van der Waals surface area contributed by atoms with Gasteiger partial charge >= 0.3 is 0 Å². The molecular formula is C8H10BrNO. The second kappa shape index (κ2) is 3.62. The average Bonchev–Trinajstić information content (AvgIpc) is 2.04. The Morgan fingerprint density at radius 3 is 2.73 bits per heavy atom. The van der Waals surface area contributed by atoms with Crippen LogP contribution in [0.5, 0.6) is 5.75 Å². The summed E-state index contributed by atoms with van der Waals surface area (Å²) in [7, 11) is 1.63. The van der Waals surface area contributed by atoms with Crippen molar-refractivity contribution in [3.63, 3.8) is 0 Å². The Morgan fingerprint density at radius 1 is 1.55 bits per heavy atom. The molecule has 0 aliphatic heterocycles. The van der Waals surface area contributed by atoms with Gasteiger partial charge in [-0.05, 0) is 11.6 Å². The fraction of sp³-hybridized carbons (Fsp3) is 0.250. The molecule has 0 fully saturated rings. The van der Waals surface area contributed by atoms with Gasteiger partial charge in [0.15, 0.2) is 0 Å². The number of halogens is 1. The Morgan fingerprint density at radius 2 is 2.27 bits per heavy atom. The quantitative estimate of drug-likeness (QED) is 0.607. The number of methoxy groups -OCH3 is 1. The first-order valence-electron chi connectivity index (χ1n) is 3.26. The number of hydrogen-bond donors (Lipinski definition) is 1. The summed E-state index contributed by atoms with van der Waals surface area (Å²) in [6, 6.07) is 5.66. The molecule has 0 aliphatic carbocycles. The summed E-state index contributed by atoms with van der Waals surface area (Å²) in [5.74, 6) is 0.798. The van der Waals surface area contributed by atoms with E-state index in [1.807, 2.05) is 18.2 Å². The lowest BCUT2D eigenvalue weighted by molar-refractivity contribution is 0.415. The van der Waals surface area contributed by atoms with Crippen molar-refractivity contribution in [3.8, 4) is 5.75 Å². The van der Waals surface area contributed by atoms with Crippen molar-refractivity contribution in [1.29, 1.82) is 0 Å². The number of nitrogens with two attached hydrogens (primary N) is 1. The van der Waals surface area contributed by atoms with Gasteiger partial charge in [0.05, 0.1) is 7.11 Å². The number of rotatable bonds is 2. The molecule has 0 amide bonds. The van der Waals surface area contributed by atoms with Crippen LogP contribution in [0.4, 0.5) is 5.69 Å². The molecule has 60 valence electrons. The first kappa shape index (κ1) is 8.40. The van der Waals surface area contributed by atoms with Crippen LogP contribution in [0, 0.1) is 0 Å². The van der Waals surface area contributed by atoms with E-state index in [2.05, 4.69) is 15.9 Å². The Bertz CT molecular complexity index is 250. The molecule has 0 radical (unpaired) electrons. The van der Waals surface area contributed by atoms with E-state index in [-0.39, 0.29) is 0 Å². The van der Waals surface area contributed by atoms with Crippen molar-refractivity contribution in [2.24, 2.45) is 0 Å². The number of alkyl halides is 1. The molecule has 0 unspecified atom stereocenters. The highest BCUT2D eigenvalue weighted by Crippen LogP contribution is 2.21. The largest absolute Gasteiger partial charge is 0.497 e. The molecule has 0 atom stereocenters. The van der Waals surface area contributed by atoms with Gasteiger partial charge in [0.25, 0.3) is 0 Å². The number of benzene rings is 1. The van der Waals surface area contributed by atoms with Crippen LogP contribution >= 0.6 is 15.9 Å². The van der Waals surface area contributed by atoms with Crippen molar-refractivity contribution in [1.82, 2.24) is 0 Å². The van der Waals surface area contributed by atoms with Crippen LogP contribution < -0.4 is 10.5 Å². The van der Waals surface area contributed by atoms with E-state index in [1.165, 1.54) is 0 Å². The van der Waals surface area contributed by atoms with E-state index in [4.69, 9.17) is 10.5 Å². The van der Waals surface area contributed by atoms with E-state index < -0.39 is 0 Å². The Hall–Kier alpha value is -0.700. The lowest BCUT2D eigenvalue weighted by atomic mass is 10.2. The fourth-order valence-corrected chi connectivity index (χ4v) is 1.33. The molecule has 0 aromatic heterocycles. The normalized spacial score (nSPS) is 9.64. The molecular weight excluding hydrogens is 206 g/mol. The molecule has 3 heteroatoms. The van der Waals surface area contributed by atoms with Crippen molar-refractivity contribution < 1.29 is 4.74 Å². The van der Waals surface area contributed by atoms with Crippen LogP contribution in [0.3, 0.4) is 0 Å². The third-order valence-electron chi connectivity index (χ3n) is 1.50. The first-order chi connectivity index (χ1) is 5.27. The van der Waals surface area contributed by atoms with Crippen LogP contribution in [0.25, 0.3) is 0 Å². The van der Waals surface area contributed by atoms with Gasteiger partial charge in [-0.2, -0.15) is 0 Å². The fourth-order valence-electron chi connectivity index (χ4n) is 0.822. The van der Waals surface area contributed by atoms with E-state index >= 15 is 0 Å². The zero-order valence-corrected chi connectivity index (χ0v) is 7.89. The summed E-state index contributed by atoms with van der Waals surface area (Å²) in [5.41, 5.74) is 7.55. The third kappa shape index (κ3) is 1.87. The zero-order valence-electron chi connectivity index (χ0n) is 6.30. The zero-order chi connectivity index (χ0) is 8.27. The number of ether oxygens (including phenoxy) is 1.